The topological polar surface area (TPSA) is 38.0 Å². The van der Waals surface area contributed by atoms with Gasteiger partial charge in [0.2, 0.25) is 0 Å². The fourth-order valence-electron chi connectivity index (χ4n) is 2.97. The molecular weight excluding hydrogens is 148 g/mol. The molecule has 12 heavy (non-hydrogen) atoms. The van der Waals surface area contributed by atoms with Gasteiger partial charge in [-0.1, -0.05) is 6.92 Å². The molecule has 0 unspecified atom stereocenters. The molecule has 0 aromatic carbocycles. The van der Waals surface area contributed by atoms with Gasteiger partial charge in [0.05, 0.1) is 0 Å². The first-order valence-corrected chi connectivity index (χ1v) is 5.20. The van der Waals surface area contributed by atoms with Crippen LogP contribution in [0.3, 0.4) is 0 Å². The minimum atomic E-state index is 0.224. The molecule has 0 aromatic heterocycles. The molecule has 70 valence electrons. The second kappa shape index (κ2) is 3.00. The molecule has 2 fully saturated rings. The molecule has 1 aliphatic carbocycles. The van der Waals surface area contributed by atoms with Gasteiger partial charge in [0, 0.05) is 5.54 Å². The third kappa shape index (κ3) is 1.38. The van der Waals surface area contributed by atoms with Crippen molar-refractivity contribution in [3.63, 3.8) is 0 Å². The Morgan fingerprint density at radius 1 is 1.25 bits per heavy atom. The van der Waals surface area contributed by atoms with Crippen LogP contribution in [0.5, 0.6) is 0 Å². The molecule has 2 heteroatoms. The number of nitrogens with one attached hydrogen (secondary N) is 1. The Balaban J connectivity index is 1.90. The van der Waals surface area contributed by atoms with E-state index in [1.165, 1.54) is 38.8 Å². The van der Waals surface area contributed by atoms with Gasteiger partial charge in [0.25, 0.3) is 0 Å². The van der Waals surface area contributed by atoms with Crippen molar-refractivity contribution in [2.45, 2.75) is 38.1 Å². The fraction of sp³-hybridized carbons (Fsp3) is 1.00. The first-order valence-electron chi connectivity index (χ1n) is 5.20. The van der Waals surface area contributed by atoms with Crippen LogP contribution in [0.15, 0.2) is 0 Å². The van der Waals surface area contributed by atoms with Crippen LogP contribution in [0.4, 0.5) is 0 Å². The van der Waals surface area contributed by atoms with Gasteiger partial charge in [-0.2, -0.15) is 0 Å². The van der Waals surface area contributed by atoms with Gasteiger partial charge < -0.3 is 11.1 Å². The van der Waals surface area contributed by atoms with Crippen LogP contribution in [0, 0.1) is 11.8 Å². The number of piperidine rings is 1. The van der Waals surface area contributed by atoms with Crippen molar-refractivity contribution < 1.29 is 0 Å². The van der Waals surface area contributed by atoms with Gasteiger partial charge in [0.1, 0.15) is 0 Å². The molecule has 2 nitrogen and oxygen atoms in total. The smallest absolute Gasteiger partial charge is 0.0188 e. The standard InChI is InChI=1S/C10H20N2/c1-8-6-10(11,7-8)9-2-4-12-5-3-9/h8-9,12H,2-7,11H2,1H3. The predicted octanol–water partition coefficient (Wildman–Crippen LogP) is 1.11. The Bertz CT molecular complexity index is 155. The van der Waals surface area contributed by atoms with E-state index >= 15 is 0 Å². The summed E-state index contributed by atoms with van der Waals surface area (Å²) in [5.74, 6) is 1.68. The van der Waals surface area contributed by atoms with Crippen molar-refractivity contribution in [3.05, 3.63) is 0 Å². The molecule has 0 amide bonds. The van der Waals surface area contributed by atoms with E-state index in [0.29, 0.717) is 0 Å². The highest BCUT2D eigenvalue weighted by molar-refractivity contribution is 5.02. The molecule has 3 N–H and O–H groups in total. The van der Waals surface area contributed by atoms with Gasteiger partial charge in [-0.25, -0.2) is 0 Å². The molecule has 1 saturated heterocycles. The van der Waals surface area contributed by atoms with Crippen LogP contribution < -0.4 is 11.1 Å². The number of nitrogens with two attached hydrogens (primary N) is 1. The summed E-state index contributed by atoms with van der Waals surface area (Å²) >= 11 is 0. The number of hydrogen-bond acceptors (Lipinski definition) is 2. The zero-order valence-corrected chi connectivity index (χ0v) is 7.97. The van der Waals surface area contributed by atoms with Gasteiger partial charge in [-0.15, -0.1) is 0 Å². The van der Waals surface area contributed by atoms with Crippen molar-refractivity contribution in [2.24, 2.45) is 17.6 Å². The van der Waals surface area contributed by atoms with E-state index in [9.17, 15) is 0 Å². The lowest BCUT2D eigenvalue weighted by Gasteiger charge is -2.50. The highest BCUT2D eigenvalue weighted by Gasteiger charge is 2.44. The number of hydrogen-bond donors (Lipinski definition) is 2. The van der Waals surface area contributed by atoms with Crippen molar-refractivity contribution in [1.82, 2.24) is 5.32 Å². The van der Waals surface area contributed by atoms with E-state index in [0.717, 1.165) is 11.8 Å². The second-order valence-corrected chi connectivity index (χ2v) is 4.77. The summed E-state index contributed by atoms with van der Waals surface area (Å²) in [6.45, 7) is 4.67. The molecule has 1 heterocycles. The van der Waals surface area contributed by atoms with E-state index in [4.69, 9.17) is 5.73 Å². The van der Waals surface area contributed by atoms with Crippen molar-refractivity contribution in [2.75, 3.05) is 13.1 Å². The quantitative estimate of drug-likeness (QED) is 0.615. The molecule has 2 rings (SSSR count). The first-order chi connectivity index (χ1) is 5.71. The highest BCUT2D eigenvalue weighted by Crippen LogP contribution is 2.43. The highest BCUT2D eigenvalue weighted by atomic mass is 14.9. The van der Waals surface area contributed by atoms with Crippen LogP contribution >= 0.6 is 0 Å². The number of rotatable bonds is 1. The Morgan fingerprint density at radius 3 is 2.33 bits per heavy atom. The zero-order chi connectivity index (χ0) is 8.60. The Morgan fingerprint density at radius 2 is 1.83 bits per heavy atom. The van der Waals surface area contributed by atoms with E-state index in [1.54, 1.807) is 0 Å². The van der Waals surface area contributed by atoms with Gasteiger partial charge >= 0.3 is 0 Å². The van der Waals surface area contributed by atoms with Gasteiger partial charge in [-0.3, -0.25) is 0 Å². The maximum absolute atomic E-state index is 6.34. The van der Waals surface area contributed by atoms with Crippen LogP contribution in [-0.4, -0.2) is 18.6 Å². The van der Waals surface area contributed by atoms with Crippen molar-refractivity contribution >= 4 is 0 Å². The molecule has 0 radical (unpaired) electrons. The lowest BCUT2D eigenvalue weighted by molar-refractivity contribution is 0.0732. The zero-order valence-electron chi connectivity index (χ0n) is 7.97. The first kappa shape index (κ1) is 8.52. The molecule has 0 aromatic rings. The summed E-state index contributed by atoms with van der Waals surface area (Å²) in [6.07, 6.45) is 5.11. The lowest BCUT2D eigenvalue weighted by Crippen LogP contribution is -2.58. The average molecular weight is 168 g/mol. The molecule has 1 aliphatic heterocycles. The maximum atomic E-state index is 6.34. The van der Waals surface area contributed by atoms with Gasteiger partial charge in [0.15, 0.2) is 0 Å². The summed E-state index contributed by atoms with van der Waals surface area (Å²) in [6, 6.07) is 0. The average Bonchev–Trinajstić information content (AvgIpc) is 2.04. The van der Waals surface area contributed by atoms with E-state index in [-0.39, 0.29) is 5.54 Å². The van der Waals surface area contributed by atoms with E-state index in [2.05, 4.69) is 12.2 Å². The Labute approximate surface area is 74.9 Å². The fourth-order valence-corrected chi connectivity index (χ4v) is 2.97. The largest absolute Gasteiger partial charge is 0.325 e. The molecule has 0 bridgehead atoms. The summed E-state index contributed by atoms with van der Waals surface area (Å²) in [7, 11) is 0. The summed E-state index contributed by atoms with van der Waals surface area (Å²) < 4.78 is 0. The molecular formula is C10H20N2. The van der Waals surface area contributed by atoms with E-state index < -0.39 is 0 Å². The normalized spacial score (nSPS) is 44.0. The summed E-state index contributed by atoms with van der Waals surface area (Å²) in [4.78, 5) is 0. The lowest BCUT2D eigenvalue weighted by atomic mass is 9.61. The molecule has 0 atom stereocenters. The Hall–Kier alpha value is -0.0800. The van der Waals surface area contributed by atoms with Crippen molar-refractivity contribution in [1.29, 1.82) is 0 Å². The summed E-state index contributed by atoms with van der Waals surface area (Å²) in [5.41, 5.74) is 6.56. The third-order valence-electron chi connectivity index (χ3n) is 3.61. The Kier molecular flexibility index (Phi) is 2.13. The van der Waals surface area contributed by atoms with Crippen LogP contribution in [0.2, 0.25) is 0 Å². The minimum Gasteiger partial charge on any atom is -0.325 e. The third-order valence-corrected chi connectivity index (χ3v) is 3.61. The van der Waals surface area contributed by atoms with E-state index in [1.807, 2.05) is 0 Å². The maximum Gasteiger partial charge on any atom is 0.0188 e. The minimum absolute atomic E-state index is 0.224. The molecule has 0 spiro atoms. The van der Waals surface area contributed by atoms with Crippen LogP contribution in [0.1, 0.15) is 32.6 Å². The van der Waals surface area contributed by atoms with Crippen LogP contribution in [0.25, 0.3) is 0 Å². The predicted molar refractivity (Wildman–Crippen MR) is 50.9 cm³/mol. The summed E-state index contributed by atoms with van der Waals surface area (Å²) in [5, 5.41) is 3.39. The molecule has 1 saturated carbocycles. The molecule has 2 aliphatic rings. The SMILES string of the molecule is CC1CC(N)(C2CCNCC2)C1. The van der Waals surface area contributed by atoms with Crippen molar-refractivity contribution in [3.8, 4) is 0 Å². The second-order valence-electron chi connectivity index (χ2n) is 4.77. The van der Waals surface area contributed by atoms with Crippen LogP contribution in [-0.2, 0) is 0 Å². The monoisotopic (exact) mass is 168 g/mol. The van der Waals surface area contributed by atoms with Gasteiger partial charge in [-0.05, 0) is 50.6 Å².